The number of aryl methyl sites for hydroxylation is 1. The van der Waals surface area contributed by atoms with E-state index in [1.807, 2.05) is 13.0 Å². The molecule has 1 rings (SSSR count). The molecule has 0 amide bonds. The number of halogens is 1. The molecular weight excluding hydrogens is 304 g/mol. The first-order valence-corrected chi connectivity index (χ1v) is 8.12. The fourth-order valence-corrected chi connectivity index (χ4v) is 2.45. The van der Waals surface area contributed by atoms with E-state index in [9.17, 15) is 13.2 Å². The number of carbonyl (C=O) groups is 1. The van der Waals surface area contributed by atoms with Crippen molar-refractivity contribution in [3.05, 3.63) is 33.8 Å². The minimum absolute atomic E-state index is 0.0191. The Hall–Kier alpha value is -0.680. The first-order valence-electron chi connectivity index (χ1n) is 5.26. The summed E-state index contributed by atoms with van der Waals surface area (Å²) >= 11 is 3.37. The molecular formula is C12H15BrO3S. The molecule has 0 unspecified atom stereocenters. The molecule has 0 saturated carbocycles. The lowest BCUT2D eigenvalue weighted by atomic mass is 10.1. The summed E-state index contributed by atoms with van der Waals surface area (Å²) in [5.41, 5.74) is 1.69. The average Bonchev–Trinajstić information content (AvgIpc) is 2.20. The predicted octanol–water partition coefficient (Wildman–Crippen LogP) is 2.77. The second kappa shape index (κ2) is 5.78. The third-order valence-corrected chi connectivity index (χ3v) is 4.30. The lowest BCUT2D eigenvalue weighted by molar-refractivity contribution is 0.0982. The summed E-state index contributed by atoms with van der Waals surface area (Å²) in [7, 11) is -2.98. The number of Topliss-reactive ketones (excluding diaryl/α,β-unsaturated/α-hetero) is 1. The predicted molar refractivity (Wildman–Crippen MR) is 72.2 cm³/mol. The molecule has 0 N–H and O–H groups in total. The number of rotatable bonds is 5. The summed E-state index contributed by atoms with van der Waals surface area (Å²) in [6.45, 7) is 1.95. The van der Waals surface area contributed by atoms with E-state index in [1.165, 1.54) is 6.26 Å². The van der Waals surface area contributed by atoms with Gasteiger partial charge in [-0.1, -0.05) is 28.1 Å². The number of sulfone groups is 1. The molecule has 0 aliphatic rings. The fraction of sp³-hybridized carbons (Fsp3) is 0.417. The van der Waals surface area contributed by atoms with Crippen molar-refractivity contribution in [3.8, 4) is 0 Å². The highest BCUT2D eigenvalue weighted by atomic mass is 79.9. The Balaban J connectivity index is 2.61. The minimum atomic E-state index is -2.98. The fourth-order valence-electron chi connectivity index (χ4n) is 1.41. The van der Waals surface area contributed by atoms with Crippen LogP contribution in [0.4, 0.5) is 0 Å². The molecule has 17 heavy (non-hydrogen) atoms. The van der Waals surface area contributed by atoms with Gasteiger partial charge in [0.1, 0.15) is 9.84 Å². The molecule has 3 nitrogen and oxygen atoms in total. The SMILES string of the molecule is Cc1ccc(C(=O)CCCS(C)(=O)=O)cc1Br. The monoisotopic (exact) mass is 318 g/mol. The maximum Gasteiger partial charge on any atom is 0.162 e. The van der Waals surface area contributed by atoms with Gasteiger partial charge in [0.05, 0.1) is 5.75 Å². The van der Waals surface area contributed by atoms with Gasteiger partial charge < -0.3 is 0 Å². The Kier molecular flexibility index (Phi) is 4.89. The van der Waals surface area contributed by atoms with E-state index >= 15 is 0 Å². The molecule has 0 heterocycles. The first-order chi connectivity index (χ1) is 7.79. The molecule has 0 radical (unpaired) electrons. The van der Waals surface area contributed by atoms with Crippen LogP contribution in [-0.2, 0) is 9.84 Å². The first kappa shape index (κ1) is 14.4. The lowest BCUT2D eigenvalue weighted by Gasteiger charge is -2.03. The Morgan fingerprint density at radius 3 is 2.53 bits per heavy atom. The van der Waals surface area contributed by atoms with Crippen LogP contribution >= 0.6 is 15.9 Å². The van der Waals surface area contributed by atoms with E-state index in [2.05, 4.69) is 15.9 Å². The molecule has 0 aromatic heterocycles. The van der Waals surface area contributed by atoms with Crippen LogP contribution in [0.25, 0.3) is 0 Å². The Bertz CT molecular complexity index is 521. The molecule has 1 aromatic rings. The molecule has 5 heteroatoms. The van der Waals surface area contributed by atoms with Crippen molar-refractivity contribution in [2.45, 2.75) is 19.8 Å². The van der Waals surface area contributed by atoms with Crippen molar-refractivity contribution in [2.24, 2.45) is 0 Å². The summed E-state index contributed by atoms with van der Waals surface area (Å²) < 4.78 is 22.8. The van der Waals surface area contributed by atoms with Crippen molar-refractivity contribution >= 4 is 31.6 Å². The topological polar surface area (TPSA) is 51.2 Å². The second-order valence-electron chi connectivity index (χ2n) is 4.12. The zero-order valence-corrected chi connectivity index (χ0v) is 12.3. The smallest absolute Gasteiger partial charge is 0.162 e. The molecule has 1 aromatic carbocycles. The summed E-state index contributed by atoms with van der Waals surface area (Å²) in [5, 5.41) is 0. The molecule has 0 bridgehead atoms. The second-order valence-corrected chi connectivity index (χ2v) is 7.23. The van der Waals surface area contributed by atoms with Crippen LogP contribution in [0.5, 0.6) is 0 Å². The maximum absolute atomic E-state index is 11.8. The van der Waals surface area contributed by atoms with E-state index in [-0.39, 0.29) is 18.0 Å². The van der Waals surface area contributed by atoms with E-state index in [1.54, 1.807) is 12.1 Å². The zero-order chi connectivity index (χ0) is 13.1. The van der Waals surface area contributed by atoms with Gasteiger partial charge in [0.15, 0.2) is 5.78 Å². The van der Waals surface area contributed by atoms with Gasteiger partial charge in [-0.3, -0.25) is 4.79 Å². The standard InChI is InChI=1S/C12H15BrO3S/c1-9-5-6-10(8-11(9)13)12(14)4-3-7-17(2,15)16/h5-6,8H,3-4,7H2,1-2H3. The summed E-state index contributed by atoms with van der Waals surface area (Å²) in [5.74, 6) is 0.0422. The summed E-state index contributed by atoms with van der Waals surface area (Å²) in [6.07, 6.45) is 1.83. The normalized spacial score (nSPS) is 11.5. The third-order valence-electron chi connectivity index (χ3n) is 2.41. The van der Waals surface area contributed by atoms with Crippen molar-refractivity contribution in [3.63, 3.8) is 0 Å². The van der Waals surface area contributed by atoms with Crippen molar-refractivity contribution in [2.75, 3.05) is 12.0 Å². The molecule has 0 aliphatic heterocycles. The lowest BCUT2D eigenvalue weighted by Crippen LogP contribution is -2.06. The Morgan fingerprint density at radius 2 is 2.00 bits per heavy atom. The number of benzene rings is 1. The van der Waals surface area contributed by atoms with E-state index in [0.717, 1.165) is 10.0 Å². The molecule has 94 valence electrons. The molecule has 0 saturated heterocycles. The van der Waals surface area contributed by atoms with E-state index in [4.69, 9.17) is 0 Å². The van der Waals surface area contributed by atoms with Gasteiger partial charge in [0.25, 0.3) is 0 Å². The number of hydrogen-bond acceptors (Lipinski definition) is 3. The zero-order valence-electron chi connectivity index (χ0n) is 9.86. The minimum Gasteiger partial charge on any atom is -0.294 e. The van der Waals surface area contributed by atoms with Crippen LogP contribution < -0.4 is 0 Å². The highest BCUT2D eigenvalue weighted by Gasteiger charge is 2.09. The molecule has 0 aliphatic carbocycles. The summed E-state index contributed by atoms with van der Waals surface area (Å²) in [4.78, 5) is 11.8. The highest BCUT2D eigenvalue weighted by Crippen LogP contribution is 2.18. The Labute approximate surface area is 110 Å². The van der Waals surface area contributed by atoms with Crippen LogP contribution in [0.3, 0.4) is 0 Å². The number of ketones is 1. The van der Waals surface area contributed by atoms with E-state index in [0.29, 0.717) is 12.0 Å². The number of hydrogen-bond donors (Lipinski definition) is 0. The quantitative estimate of drug-likeness (QED) is 0.784. The molecule has 0 fully saturated rings. The summed E-state index contributed by atoms with van der Waals surface area (Å²) in [6, 6.07) is 5.41. The van der Waals surface area contributed by atoms with Gasteiger partial charge in [0.2, 0.25) is 0 Å². The van der Waals surface area contributed by atoms with Crippen LogP contribution in [0.15, 0.2) is 22.7 Å². The van der Waals surface area contributed by atoms with Gasteiger partial charge in [-0.2, -0.15) is 0 Å². The largest absolute Gasteiger partial charge is 0.294 e. The van der Waals surface area contributed by atoms with E-state index < -0.39 is 9.84 Å². The van der Waals surface area contributed by atoms with Crippen molar-refractivity contribution in [1.29, 1.82) is 0 Å². The van der Waals surface area contributed by atoms with Crippen LogP contribution in [0.1, 0.15) is 28.8 Å². The molecule has 0 atom stereocenters. The highest BCUT2D eigenvalue weighted by molar-refractivity contribution is 9.10. The third kappa shape index (κ3) is 5.00. The van der Waals surface area contributed by atoms with Gasteiger partial charge >= 0.3 is 0 Å². The number of carbonyl (C=O) groups excluding carboxylic acids is 1. The van der Waals surface area contributed by atoms with Crippen molar-refractivity contribution in [1.82, 2.24) is 0 Å². The average molecular weight is 319 g/mol. The van der Waals surface area contributed by atoms with Crippen LogP contribution in [0.2, 0.25) is 0 Å². The Morgan fingerprint density at radius 1 is 1.35 bits per heavy atom. The maximum atomic E-state index is 11.8. The van der Waals surface area contributed by atoms with Gasteiger partial charge in [-0.25, -0.2) is 8.42 Å². The van der Waals surface area contributed by atoms with Crippen LogP contribution in [0, 0.1) is 6.92 Å². The van der Waals surface area contributed by atoms with Gasteiger partial charge in [0, 0.05) is 22.7 Å². The van der Waals surface area contributed by atoms with Crippen LogP contribution in [-0.4, -0.2) is 26.2 Å². The van der Waals surface area contributed by atoms with Crippen molar-refractivity contribution < 1.29 is 13.2 Å². The molecule has 0 spiro atoms. The van der Waals surface area contributed by atoms with Gasteiger partial charge in [-0.15, -0.1) is 0 Å². The van der Waals surface area contributed by atoms with Gasteiger partial charge in [-0.05, 0) is 25.0 Å².